The first-order valence-corrected chi connectivity index (χ1v) is 4.28. The van der Waals surface area contributed by atoms with Gasteiger partial charge in [0.1, 0.15) is 0 Å². The largest absolute Gasteiger partial charge is 0.294 e. The fourth-order valence-electron chi connectivity index (χ4n) is 1.53. The molecule has 1 heteroatoms. The Morgan fingerprint density at radius 2 is 1.77 bits per heavy atom. The van der Waals surface area contributed by atoms with Crippen LogP contribution in [0, 0.1) is 0 Å². The van der Waals surface area contributed by atoms with Crippen LogP contribution in [0.4, 0.5) is 0 Å². The summed E-state index contributed by atoms with van der Waals surface area (Å²) in [6.07, 6.45) is 13.7. The molecule has 0 fully saturated rings. The van der Waals surface area contributed by atoms with E-state index in [1.54, 1.807) is 6.92 Å². The van der Waals surface area contributed by atoms with Crippen LogP contribution in [0.3, 0.4) is 0 Å². The van der Waals surface area contributed by atoms with Crippen molar-refractivity contribution in [1.29, 1.82) is 0 Å². The second-order valence-electron chi connectivity index (χ2n) is 3.08. The van der Waals surface area contributed by atoms with Crippen LogP contribution in [0.15, 0.2) is 59.3 Å². The Morgan fingerprint density at radius 1 is 1.08 bits per heavy atom. The molecular formula is C12H10O. The number of rotatable bonds is 1. The molecule has 0 unspecified atom stereocenters. The molecule has 2 aliphatic rings. The first-order valence-electron chi connectivity index (χ1n) is 4.28. The normalized spacial score (nSPS) is 18.7. The van der Waals surface area contributed by atoms with Crippen LogP contribution >= 0.6 is 0 Å². The van der Waals surface area contributed by atoms with Gasteiger partial charge in [-0.05, 0) is 18.1 Å². The summed E-state index contributed by atoms with van der Waals surface area (Å²) in [5.41, 5.74) is 2.97. The van der Waals surface area contributed by atoms with Crippen LogP contribution in [-0.2, 0) is 4.79 Å². The van der Waals surface area contributed by atoms with Crippen LogP contribution in [0.1, 0.15) is 6.92 Å². The molecule has 64 valence electrons. The van der Waals surface area contributed by atoms with E-state index in [0.29, 0.717) is 0 Å². The fourth-order valence-corrected chi connectivity index (χ4v) is 1.53. The lowest BCUT2D eigenvalue weighted by Crippen LogP contribution is -1.97. The zero-order chi connectivity index (χ0) is 9.26. The quantitative estimate of drug-likeness (QED) is 0.591. The second-order valence-corrected chi connectivity index (χ2v) is 3.08. The zero-order valence-electron chi connectivity index (χ0n) is 7.45. The molecule has 0 saturated heterocycles. The van der Waals surface area contributed by atoms with Crippen molar-refractivity contribution in [3.05, 3.63) is 59.3 Å². The Morgan fingerprint density at radius 3 is 2.38 bits per heavy atom. The first kappa shape index (κ1) is 7.99. The van der Waals surface area contributed by atoms with Crippen molar-refractivity contribution in [2.75, 3.05) is 0 Å². The highest BCUT2D eigenvalue weighted by Crippen LogP contribution is 2.25. The van der Waals surface area contributed by atoms with Crippen molar-refractivity contribution >= 4 is 5.78 Å². The van der Waals surface area contributed by atoms with Gasteiger partial charge < -0.3 is 0 Å². The molecule has 0 spiro atoms. The number of ketones is 1. The van der Waals surface area contributed by atoms with Crippen LogP contribution in [0.25, 0.3) is 0 Å². The topological polar surface area (TPSA) is 17.1 Å². The molecule has 1 nitrogen and oxygen atoms in total. The fraction of sp³-hybridized carbons (Fsp3) is 0.0833. The maximum absolute atomic E-state index is 11.2. The van der Waals surface area contributed by atoms with Crippen molar-refractivity contribution in [1.82, 2.24) is 0 Å². The van der Waals surface area contributed by atoms with E-state index < -0.39 is 0 Å². The molecule has 2 aliphatic carbocycles. The maximum Gasteiger partial charge on any atom is 0.160 e. The molecule has 0 bridgehead atoms. The van der Waals surface area contributed by atoms with Crippen molar-refractivity contribution in [3.8, 4) is 0 Å². The standard InChI is InChI=1S/C12H10O/c1-9(13)11-7-4-8-12(11)10-5-2-3-6-10/h2-8H,1H3. The van der Waals surface area contributed by atoms with Gasteiger partial charge in [-0.1, -0.05) is 42.5 Å². The van der Waals surface area contributed by atoms with Gasteiger partial charge in [-0.2, -0.15) is 0 Å². The molecule has 0 N–H and O–H groups in total. The molecule has 0 aromatic carbocycles. The van der Waals surface area contributed by atoms with Gasteiger partial charge in [0.25, 0.3) is 0 Å². The number of carbonyl (C=O) groups is 1. The summed E-state index contributed by atoms with van der Waals surface area (Å²) >= 11 is 0. The Labute approximate surface area is 77.5 Å². The summed E-state index contributed by atoms with van der Waals surface area (Å²) in [6, 6.07) is 0. The van der Waals surface area contributed by atoms with Gasteiger partial charge in [0, 0.05) is 5.57 Å². The van der Waals surface area contributed by atoms with Gasteiger partial charge in [-0.3, -0.25) is 4.79 Å². The SMILES string of the molecule is CC(=O)C1=CC=CC1=C1C=CC=C1. The Hall–Kier alpha value is -1.63. The molecule has 0 aliphatic heterocycles. The molecule has 0 heterocycles. The van der Waals surface area contributed by atoms with E-state index in [1.807, 2.05) is 42.5 Å². The van der Waals surface area contributed by atoms with Crippen molar-refractivity contribution < 1.29 is 4.79 Å². The molecular weight excluding hydrogens is 160 g/mol. The average Bonchev–Trinajstić information content (AvgIpc) is 2.74. The third kappa shape index (κ3) is 1.33. The molecule has 0 amide bonds. The Bertz CT molecular complexity index is 387. The van der Waals surface area contributed by atoms with Gasteiger partial charge in [-0.15, -0.1) is 0 Å². The molecule has 0 aromatic rings. The van der Waals surface area contributed by atoms with Crippen LogP contribution in [-0.4, -0.2) is 5.78 Å². The minimum atomic E-state index is 0.126. The molecule has 0 saturated carbocycles. The highest BCUT2D eigenvalue weighted by molar-refractivity contribution is 6.00. The zero-order valence-corrected chi connectivity index (χ0v) is 7.45. The predicted octanol–water partition coefficient (Wildman–Crippen LogP) is 2.49. The second kappa shape index (κ2) is 3.02. The number of carbonyl (C=O) groups excluding carboxylic acids is 1. The van der Waals surface area contributed by atoms with Gasteiger partial charge in [0.15, 0.2) is 5.78 Å². The van der Waals surface area contributed by atoms with Gasteiger partial charge in [0.05, 0.1) is 0 Å². The van der Waals surface area contributed by atoms with E-state index in [9.17, 15) is 4.79 Å². The third-order valence-electron chi connectivity index (χ3n) is 2.17. The number of hydrogen-bond acceptors (Lipinski definition) is 1. The van der Waals surface area contributed by atoms with Crippen molar-refractivity contribution in [2.24, 2.45) is 0 Å². The molecule has 2 rings (SSSR count). The van der Waals surface area contributed by atoms with Gasteiger partial charge in [0.2, 0.25) is 0 Å². The van der Waals surface area contributed by atoms with Gasteiger partial charge >= 0.3 is 0 Å². The molecule has 13 heavy (non-hydrogen) atoms. The minimum absolute atomic E-state index is 0.126. The monoisotopic (exact) mass is 170 g/mol. The summed E-state index contributed by atoms with van der Waals surface area (Å²) in [5, 5.41) is 0. The maximum atomic E-state index is 11.2. The first-order chi connectivity index (χ1) is 6.29. The number of Topliss-reactive ketones (excluding diaryl/α,β-unsaturated/α-hetero) is 1. The lowest BCUT2D eigenvalue weighted by atomic mass is 10.0. The van der Waals surface area contributed by atoms with Crippen LogP contribution in [0.5, 0.6) is 0 Å². The Kier molecular flexibility index (Phi) is 1.85. The molecule has 0 radical (unpaired) electrons. The van der Waals surface area contributed by atoms with E-state index in [-0.39, 0.29) is 5.78 Å². The van der Waals surface area contributed by atoms with Crippen LogP contribution < -0.4 is 0 Å². The van der Waals surface area contributed by atoms with Gasteiger partial charge in [-0.25, -0.2) is 0 Å². The summed E-state index contributed by atoms with van der Waals surface area (Å²) in [7, 11) is 0. The van der Waals surface area contributed by atoms with Crippen molar-refractivity contribution in [2.45, 2.75) is 6.92 Å². The van der Waals surface area contributed by atoms with E-state index in [2.05, 4.69) is 0 Å². The van der Waals surface area contributed by atoms with E-state index in [1.165, 1.54) is 0 Å². The molecule has 0 atom stereocenters. The lowest BCUT2D eigenvalue weighted by molar-refractivity contribution is -0.113. The predicted molar refractivity (Wildman–Crippen MR) is 53.2 cm³/mol. The number of hydrogen-bond donors (Lipinski definition) is 0. The summed E-state index contributed by atoms with van der Waals surface area (Å²) in [6.45, 7) is 1.60. The summed E-state index contributed by atoms with van der Waals surface area (Å²) in [5.74, 6) is 0.126. The lowest BCUT2D eigenvalue weighted by Gasteiger charge is -2.02. The highest BCUT2D eigenvalue weighted by atomic mass is 16.1. The van der Waals surface area contributed by atoms with E-state index >= 15 is 0 Å². The smallest absolute Gasteiger partial charge is 0.160 e. The Balaban J connectivity index is 2.46. The third-order valence-corrected chi connectivity index (χ3v) is 2.17. The average molecular weight is 170 g/mol. The highest BCUT2D eigenvalue weighted by Gasteiger charge is 2.14. The van der Waals surface area contributed by atoms with Crippen molar-refractivity contribution in [3.63, 3.8) is 0 Å². The summed E-state index contributed by atoms with van der Waals surface area (Å²) in [4.78, 5) is 11.2. The minimum Gasteiger partial charge on any atom is -0.294 e. The summed E-state index contributed by atoms with van der Waals surface area (Å²) < 4.78 is 0. The van der Waals surface area contributed by atoms with E-state index in [4.69, 9.17) is 0 Å². The van der Waals surface area contributed by atoms with Crippen LogP contribution in [0.2, 0.25) is 0 Å². The van der Waals surface area contributed by atoms with E-state index in [0.717, 1.165) is 16.7 Å². The molecule has 0 aromatic heterocycles. The number of allylic oxidation sites excluding steroid dienone is 10.